The monoisotopic (exact) mass is 370 g/mol. The number of hydrogen-bond acceptors (Lipinski definition) is 6. The van der Waals surface area contributed by atoms with E-state index in [9.17, 15) is 4.79 Å². The van der Waals surface area contributed by atoms with Gasteiger partial charge in [-0.15, -0.1) is 5.10 Å². The molecule has 1 aromatic carbocycles. The topological polar surface area (TPSA) is 96.2 Å². The highest BCUT2D eigenvalue weighted by Gasteiger charge is 2.26. The molecule has 2 aromatic rings. The lowest BCUT2D eigenvalue weighted by Gasteiger charge is -2.24. The fourth-order valence-corrected chi connectivity index (χ4v) is 3.53. The number of nitrogens with one attached hydrogen (secondary N) is 1. The third-order valence-corrected chi connectivity index (χ3v) is 4.89. The van der Waals surface area contributed by atoms with Crippen molar-refractivity contribution >= 4 is 12.0 Å². The van der Waals surface area contributed by atoms with Gasteiger partial charge in [-0.1, -0.05) is 24.3 Å². The molecule has 0 bridgehead atoms. The van der Waals surface area contributed by atoms with Crippen LogP contribution in [0.3, 0.4) is 0 Å². The molecule has 1 amide bonds. The van der Waals surface area contributed by atoms with Gasteiger partial charge in [0.05, 0.1) is 6.04 Å². The first kappa shape index (κ1) is 19.2. The van der Waals surface area contributed by atoms with Crippen molar-refractivity contribution in [3.8, 4) is 0 Å². The van der Waals surface area contributed by atoms with Crippen LogP contribution in [0.2, 0.25) is 0 Å². The van der Waals surface area contributed by atoms with Crippen LogP contribution in [0.15, 0.2) is 30.3 Å². The van der Waals surface area contributed by atoms with Crippen molar-refractivity contribution in [2.24, 2.45) is 0 Å². The number of carbonyl (C=O) groups excluding carboxylic acids is 1. The van der Waals surface area contributed by atoms with Gasteiger partial charge >= 0.3 is 0 Å². The summed E-state index contributed by atoms with van der Waals surface area (Å²) in [7, 11) is 0. The van der Waals surface area contributed by atoms with Gasteiger partial charge < -0.3 is 0 Å². The first-order valence-corrected chi connectivity index (χ1v) is 9.31. The van der Waals surface area contributed by atoms with Crippen molar-refractivity contribution in [1.82, 2.24) is 30.6 Å². The largest absolute Gasteiger partial charge is 0.296 e. The fourth-order valence-electron chi connectivity index (χ4n) is 3.53. The highest BCUT2D eigenvalue weighted by molar-refractivity contribution is 5.90. The third-order valence-electron chi connectivity index (χ3n) is 4.89. The second-order valence-electron chi connectivity index (χ2n) is 7.05. The highest BCUT2D eigenvalue weighted by Crippen LogP contribution is 2.32. The van der Waals surface area contributed by atoms with Gasteiger partial charge in [0.25, 0.3) is 5.91 Å². The predicted octanol–water partition coefficient (Wildman–Crippen LogP) is 2.15. The van der Waals surface area contributed by atoms with E-state index in [1.165, 1.54) is 18.1 Å². The van der Waals surface area contributed by atoms with E-state index >= 15 is 0 Å². The number of tetrazole rings is 1. The number of rotatable bonds is 7. The average molecular weight is 370 g/mol. The zero-order valence-corrected chi connectivity index (χ0v) is 15.7. The van der Waals surface area contributed by atoms with Crippen LogP contribution in [0.25, 0.3) is 6.08 Å². The van der Waals surface area contributed by atoms with E-state index in [-0.39, 0.29) is 6.04 Å². The summed E-state index contributed by atoms with van der Waals surface area (Å²) in [6, 6.07) is 8.86. The molecule has 27 heavy (non-hydrogen) atoms. The van der Waals surface area contributed by atoms with Crippen LogP contribution in [-0.2, 0) is 11.2 Å². The van der Waals surface area contributed by atoms with Gasteiger partial charge in [-0.3, -0.25) is 14.9 Å². The molecule has 3 rings (SSSR count). The van der Waals surface area contributed by atoms with Crippen LogP contribution in [0, 0.1) is 0 Å². The number of hydrogen-bond donors (Lipinski definition) is 2. The molecule has 1 atom stereocenters. The smallest absolute Gasteiger partial charge is 0.267 e. The zero-order valence-electron chi connectivity index (χ0n) is 15.7. The lowest BCUT2D eigenvalue weighted by atomic mass is 10.0. The Morgan fingerprint density at radius 3 is 2.85 bits per heavy atom. The summed E-state index contributed by atoms with van der Waals surface area (Å²) in [5.41, 5.74) is 3.78. The van der Waals surface area contributed by atoms with Crippen LogP contribution in [0.5, 0.6) is 0 Å². The third kappa shape index (κ3) is 4.78. The van der Waals surface area contributed by atoms with Gasteiger partial charge in [-0.05, 0) is 60.9 Å². The van der Waals surface area contributed by atoms with E-state index in [1.807, 2.05) is 16.8 Å². The second kappa shape index (κ2) is 8.88. The maximum absolute atomic E-state index is 11.1. The molecular weight excluding hydrogens is 344 g/mol. The average Bonchev–Trinajstić information content (AvgIpc) is 3.33. The molecule has 1 aromatic heterocycles. The van der Waals surface area contributed by atoms with Gasteiger partial charge in [-0.25, -0.2) is 10.2 Å². The van der Waals surface area contributed by atoms with Crippen molar-refractivity contribution in [3.63, 3.8) is 0 Å². The Morgan fingerprint density at radius 1 is 1.37 bits per heavy atom. The molecule has 0 aliphatic carbocycles. The molecule has 144 valence electrons. The molecule has 1 aliphatic rings. The van der Waals surface area contributed by atoms with Crippen molar-refractivity contribution in [2.45, 2.75) is 45.2 Å². The number of aromatic nitrogens is 4. The normalized spacial score (nSPS) is 17.9. The Morgan fingerprint density at radius 2 is 2.15 bits per heavy atom. The molecule has 2 N–H and O–H groups in total. The van der Waals surface area contributed by atoms with Gasteiger partial charge in [0.2, 0.25) is 0 Å². The van der Waals surface area contributed by atoms with Crippen molar-refractivity contribution in [3.05, 3.63) is 47.3 Å². The number of nitrogens with zero attached hydrogens (tertiary/aromatic N) is 5. The van der Waals surface area contributed by atoms with Crippen molar-refractivity contribution < 1.29 is 10.0 Å². The van der Waals surface area contributed by atoms with Gasteiger partial charge in [-0.2, -0.15) is 0 Å². The number of likely N-dealkylation sites (tertiary alicyclic amines) is 1. The van der Waals surface area contributed by atoms with E-state index < -0.39 is 5.91 Å². The quantitative estimate of drug-likeness (QED) is 0.440. The lowest BCUT2D eigenvalue weighted by molar-refractivity contribution is -0.124. The summed E-state index contributed by atoms with van der Waals surface area (Å²) in [4.78, 5) is 13.6. The molecule has 1 fully saturated rings. The summed E-state index contributed by atoms with van der Waals surface area (Å²) in [5.74, 6) is 0.392. The standard InChI is InChI=1S/C19H26N6O2/c1-14(2)25-18(20-22-23-25)11-13-24-12-3-4-17(24)16-8-5-15(6-9-16)7-10-19(26)21-27/h5-10,14,17,27H,3-4,11-13H2,1-2H3,(H,21,26)/b10-7+/t17-/m0/s1. The Hall–Kier alpha value is -2.58. The summed E-state index contributed by atoms with van der Waals surface area (Å²) >= 11 is 0. The first-order valence-electron chi connectivity index (χ1n) is 9.31. The molecule has 0 saturated carbocycles. The number of benzene rings is 1. The van der Waals surface area contributed by atoms with E-state index in [2.05, 4.69) is 46.4 Å². The molecule has 8 heteroatoms. The predicted molar refractivity (Wildman–Crippen MR) is 101 cm³/mol. The molecule has 0 radical (unpaired) electrons. The minimum Gasteiger partial charge on any atom is -0.296 e. The van der Waals surface area contributed by atoms with E-state index in [0.29, 0.717) is 6.04 Å². The van der Waals surface area contributed by atoms with Crippen molar-refractivity contribution in [1.29, 1.82) is 0 Å². The maximum atomic E-state index is 11.1. The molecule has 1 saturated heterocycles. The van der Waals surface area contributed by atoms with E-state index in [4.69, 9.17) is 5.21 Å². The molecule has 8 nitrogen and oxygen atoms in total. The summed E-state index contributed by atoms with van der Waals surface area (Å²) in [6.07, 6.45) is 6.12. The fraction of sp³-hybridized carbons (Fsp3) is 0.474. The zero-order chi connectivity index (χ0) is 19.2. The van der Waals surface area contributed by atoms with Crippen molar-refractivity contribution in [2.75, 3.05) is 13.1 Å². The van der Waals surface area contributed by atoms with Crippen LogP contribution in [-0.4, -0.2) is 49.3 Å². The summed E-state index contributed by atoms with van der Waals surface area (Å²) in [5, 5.41) is 20.6. The Bertz CT molecular complexity index is 784. The van der Waals surface area contributed by atoms with E-state index in [1.54, 1.807) is 11.6 Å². The molecule has 1 aliphatic heterocycles. The van der Waals surface area contributed by atoms with Crippen LogP contribution in [0.4, 0.5) is 0 Å². The minimum atomic E-state index is -0.537. The molecule has 2 heterocycles. The second-order valence-corrected chi connectivity index (χ2v) is 7.05. The van der Waals surface area contributed by atoms with Crippen LogP contribution < -0.4 is 5.48 Å². The molecular formula is C19H26N6O2. The maximum Gasteiger partial charge on any atom is 0.267 e. The Kier molecular flexibility index (Phi) is 6.31. The van der Waals surface area contributed by atoms with Gasteiger partial charge in [0.1, 0.15) is 0 Å². The lowest BCUT2D eigenvalue weighted by Crippen LogP contribution is -2.26. The molecule has 0 unspecified atom stereocenters. The van der Waals surface area contributed by atoms with Gasteiger partial charge in [0, 0.05) is 25.1 Å². The van der Waals surface area contributed by atoms with E-state index in [0.717, 1.165) is 37.3 Å². The summed E-state index contributed by atoms with van der Waals surface area (Å²) < 4.78 is 1.88. The highest BCUT2D eigenvalue weighted by atomic mass is 16.5. The summed E-state index contributed by atoms with van der Waals surface area (Å²) in [6.45, 7) is 6.17. The minimum absolute atomic E-state index is 0.262. The number of carbonyl (C=O) groups is 1. The van der Waals surface area contributed by atoms with Crippen LogP contribution in [0.1, 0.15) is 55.7 Å². The Labute approximate surface area is 158 Å². The SMILES string of the molecule is CC(C)n1nnnc1CCN1CCC[C@H]1c1ccc(/C=C/C(=O)NO)cc1. The Balaban J connectivity index is 1.63. The molecule has 0 spiro atoms. The number of amides is 1. The number of hydroxylamine groups is 1. The van der Waals surface area contributed by atoms with Crippen LogP contribution >= 0.6 is 0 Å². The van der Waals surface area contributed by atoms with Gasteiger partial charge in [0.15, 0.2) is 5.82 Å². The first-order chi connectivity index (χ1) is 13.1.